The average Bonchev–Trinajstić information content (AvgIpc) is 3.49. The van der Waals surface area contributed by atoms with Gasteiger partial charge in [-0.15, -0.1) is 11.3 Å². The van der Waals surface area contributed by atoms with E-state index >= 15 is 0 Å². The molecule has 1 saturated carbocycles. The fourth-order valence-corrected chi connectivity index (χ4v) is 5.75. The van der Waals surface area contributed by atoms with Gasteiger partial charge in [-0.05, 0) is 41.8 Å². The number of ether oxygens (including phenoxy) is 1. The lowest BCUT2D eigenvalue weighted by Crippen LogP contribution is -2.37. The number of benzene rings is 1. The molecule has 0 unspecified atom stereocenters. The highest BCUT2D eigenvalue weighted by Gasteiger charge is 2.29. The van der Waals surface area contributed by atoms with E-state index in [0.29, 0.717) is 5.92 Å². The number of morpholine rings is 1. The van der Waals surface area contributed by atoms with Crippen molar-refractivity contribution in [2.24, 2.45) is 0 Å². The van der Waals surface area contributed by atoms with E-state index in [0.717, 1.165) is 59.7 Å². The first-order valence-corrected chi connectivity index (χ1v) is 11.7. The number of hydrogen-bond acceptors (Lipinski definition) is 6. The van der Waals surface area contributed by atoms with Crippen molar-refractivity contribution in [3.63, 3.8) is 0 Å². The number of para-hydroxylation sites is 1. The Bertz CT molecular complexity index is 1020. The van der Waals surface area contributed by atoms with E-state index in [4.69, 9.17) is 9.72 Å². The van der Waals surface area contributed by atoms with Crippen LogP contribution in [-0.4, -0.2) is 53.1 Å². The lowest BCUT2D eigenvalue weighted by atomic mass is 10.1. The minimum absolute atomic E-state index is 0.0771. The minimum Gasteiger partial charge on any atom is -0.379 e. The van der Waals surface area contributed by atoms with Crippen molar-refractivity contribution in [1.29, 1.82) is 0 Å². The maximum absolute atomic E-state index is 13.5. The van der Waals surface area contributed by atoms with Crippen LogP contribution in [0.15, 0.2) is 45.7 Å². The van der Waals surface area contributed by atoms with Gasteiger partial charge in [-0.2, -0.15) is 0 Å². The van der Waals surface area contributed by atoms with E-state index in [1.54, 1.807) is 23.1 Å². The Morgan fingerprint density at radius 2 is 1.96 bits per heavy atom. The molecule has 5 nitrogen and oxygen atoms in total. The van der Waals surface area contributed by atoms with Gasteiger partial charge in [0.15, 0.2) is 5.16 Å². The molecular formula is C21H23N3O2S2. The van der Waals surface area contributed by atoms with Crippen LogP contribution >= 0.6 is 23.1 Å². The van der Waals surface area contributed by atoms with Crippen molar-refractivity contribution in [2.75, 3.05) is 38.6 Å². The molecule has 2 aliphatic rings. The molecule has 2 aromatic heterocycles. The Hall–Kier alpha value is -1.67. The summed E-state index contributed by atoms with van der Waals surface area (Å²) in [6, 6.07) is 9.91. The number of aromatic nitrogens is 2. The van der Waals surface area contributed by atoms with Crippen LogP contribution < -0.4 is 5.56 Å². The Kier molecular flexibility index (Phi) is 5.24. The van der Waals surface area contributed by atoms with Crippen LogP contribution in [0.4, 0.5) is 0 Å². The molecule has 3 heterocycles. The Morgan fingerprint density at radius 1 is 1.18 bits per heavy atom. The van der Waals surface area contributed by atoms with Gasteiger partial charge in [0, 0.05) is 25.4 Å². The summed E-state index contributed by atoms with van der Waals surface area (Å²) in [6.07, 6.45) is 2.37. The SMILES string of the molecule is O=c1c2c(C3CC3)csc2nc(SCCN2CCOCC2)n1-c1ccccc1. The number of rotatable bonds is 6. The highest BCUT2D eigenvalue weighted by molar-refractivity contribution is 7.99. The zero-order chi connectivity index (χ0) is 18.9. The molecule has 1 aromatic carbocycles. The van der Waals surface area contributed by atoms with E-state index in [9.17, 15) is 4.79 Å². The van der Waals surface area contributed by atoms with Crippen LogP contribution in [0.1, 0.15) is 24.3 Å². The van der Waals surface area contributed by atoms with Crippen molar-refractivity contribution in [3.8, 4) is 5.69 Å². The summed E-state index contributed by atoms with van der Waals surface area (Å²) >= 11 is 3.29. The fraction of sp³-hybridized carbons (Fsp3) is 0.429. The van der Waals surface area contributed by atoms with Crippen LogP contribution in [0.25, 0.3) is 15.9 Å². The van der Waals surface area contributed by atoms with Gasteiger partial charge in [0.1, 0.15) is 4.83 Å². The summed E-state index contributed by atoms with van der Waals surface area (Å²) in [7, 11) is 0. The molecular weight excluding hydrogens is 390 g/mol. The second-order valence-corrected chi connectivity index (χ2v) is 9.24. The molecule has 1 saturated heterocycles. The Balaban J connectivity index is 1.50. The first-order chi connectivity index (χ1) is 13.8. The molecule has 0 atom stereocenters. The number of fused-ring (bicyclic) bond motifs is 1. The van der Waals surface area contributed by atoms with Crippen LogP contribution in [0.5, 0.6) is 0 Å². The summed E-state index contributed by atoms with van der Waals surface area (Å²) in [5.41, 5.74) is 2.17. The van der Waals surface area contributed by atoms with Crippen LogP contribution in [0.3, 0.4) is 0 Å². The van der Waals surface area contributed by atoms with Crippen molar-refractivity contribution in [2.45, 2.75) is 23.9 Å². The lowest BCUT2D eigenvalue weighted by Gasteiger charge is -2.26. The second-order valence-electron chi connectivity index (χ2n) is 7.32. The lowest BCUT2D eigenvalue weighted by molar-refractivity contribution is 0.0410. The number of thioether (sulfide) groups is 1. The van der Waals surface area contributed by atoms with Crippen molar-refractivity contribution >= 4 is 33.3 Å². The number of nitrogens with zero attached hydrogens (tertiary/aromatic N) is 3. The van der Waals surface area contributed by atoms with Crippen LogP contribution in [-0.2, 0) is 4.74 Å². The molecule has 0 radical (unpaired) electrons. The van der Waals surface area contributed by atoms with E-state index in [1.165, 1.54) is 18.4 Å². The summed E-state index contributed by atoms with van der Waals surface area (Å²) in [5.74, 6) is 1.46. The van der Waals surface area contributed by atoms with Gasteiger partial charge in [-0.3, -0.25) is 14.3 Å². The monoisotopic (exact) mass is 413 g/mol. The molecule has 0 spiro atoms. The quantitative estimate of drug-likeness (QED) is 0.455. The van der Waals surface area contributed by atoms with Crippen molar-refractivity contribution < 1.29 is 4.74 Å². The van der Waals surface area contributed by atoms with E-state index in [1.807, 2.05) is 34.9 Å². The van der Waals surface area contributed by atoms with Crippen LogP contribution in [0.2, 0.25) is 0 Å². The zero-order valence-electron chi connectivity index (χ0n) is 15.7. The first kappa shape index (κ1) is 18.4. The highest BCUT2D eigenvalue weighted by atomic mass is 32.2. The number of thiophene rings is 1. The predicted molar refractivity (Wildman–Crippen MR) is 115 cm³/mol. The normalized spacial score (nSPS) is 18.0. The standard InChI is InChI=1S/C21H23N3O2S2/c25-20-18-17(15-6-7-15)14-28-19(18)22-21(24(20)16-4-2-1-3-5-16)27-13-10-23-8-11-26-12-9-23/h1-5,14-15H,6-13H2. The smallest absolute Gasteiger partial charge is 0.267 e. The molecule has 3 aromatic rings. The third-order valence-electron chi connectivity index (χ3n) is 5.38. The molecule has 1 aliphatic carbocycles. The van der Waals surface area contributed by atoms with E-state index in [2.05, 4.69) is 10.3 Å². The van der Waals surface area contributed by atoms with Crippen molar-refractivity contribution in [1.82, 2.24) is 14.5 Å². The van der Waals surface area contributed by atoms with E-state index in [-0.39, 0.29) is 5.56 Å². The molecule has 1 aliphatic heterocycles. The Morgan fingerprint density at radius 3 is 2.71 bits per heavy atom. The maximum Gasteiger partial charge on any atom is 0.267 e. The fourth-order valence-electron chi connectivity index (χ4n) is 3.68. The van der Waals surface area contributed by atoms with Gasteiger partial charge in [-0.1, -0.05) is 30.0 Å². The third-order valence-corrected chi connectivity index (χ3v) is 7.19. The summed E-state index contributed by atoms with van der Waals surface area (Å²) < 4.78 is 7.24. The highest BCUT2D eigenvalue weighted by Crippen LogP contribution is 2.44. The molecule has 0 N–H and O–H groups in total. The zero-order valence-corrected chi connectivity index (χ0v) is 17.3. The Labute approximate surface area is 172 Å². The van der Waals surface area contributed by atoms with Gasteiger partial charge in [0.25, 0.3) is 5.56 Å². The van der Waals surface area contributed by atoms with Gasteiger partial charge in [-0.25, -0.2) is 4.98 Å². The molecule has 0 bridgehead atoms. The maximum atomic E-state index is 13.5. The summed E-state index contributed by atoms with van der Waals surface area (Å²) in [5, 5.41) is 3.77. The van der Waals surface area contributed by atoms with Crippen molar-refractivity contribution in [3.05, 3.63) is 51.6 Å². The third kappa shape index (κ3) is 3.64. The predicted octanol–water partition coefficient (Wildman–Crippen LogP) is 3.75. The largest absolute Gasteiger partial charge is 0.379 e. The van der Waals surface area contributed by atoms with Gasteiger partial charge < -0.3 is 4.74 Å². The summed E-state index contributed by atoms with van der Waals surface area (Å²) in [6.45, 7) is 4.56. The minimum atomic E-state index is 0.0771. The first-order valence-electron chi connectivity index (χ1n) is 9.84. The molecule has 2 fully saturated rings. The topological polar surface area (TPSA) is 47.4 Å². The van der Waals surface area contributed by atoms with E-state index < -0.39 is 0 Å². The average molecular weight is 414 g/mol. The molecule has 28 heavy (non-hydrogen) atoms. The van der Waals surface area contributed by atoms with Gasteiger partial charge in [0.2, 0.25) is 0 Å². The molecule has 146 valence electrons. The molecule has 5 rings (SSSR count). The summed E-state index contributed by atoms with van der Waals surface area (Å²) in [4.78, 5) is 21.7. The van der Waals surface area contributed by atoms with Gasteiger partial charge >= 0.3 is 0 Å². The van der Waals surface area contributed by atoms with Gasteiger partial charge in [0.05, 0.1) is 24.3 Å². The second kappa shape index (κ2) is 7.99. The number of hydrogen-bond donors (Lipinski definition) is 0. The molecule has 0 amide bonds. The molecule has 7 heteroatoms. The van der Waals surface area contributed by atoms with Crippen LogP contribution in [0, 0.1) is 0 Å².